The molecule has 10 rings (SSSR count). The topological polar surface area (TPSA) is 0 Å². The van der Waals surface area contributed by atoms with E-state index in [-0.39, 0.29) is 10.8 Å². The van der Waals surface area contributed by atoms with Gasteiger partial charge in [-0.1, -0.05) is 137 Å². The standard InChI is InChI=1S/C48H36/c1-47(2)43-24-32(31-16-12-15-30(23-31)29-13-6-5-7-14-29)21-22-37(43)41-27-46-42(28-45(41)47)40-25-38-35-19-10-8-17-33(35)34-18-9-11-20-36(34)39(38)26-44(40)48(46,3)4/h5-28H,1-4H3. The Morgan fingerprint density at radius 2 is 0.688 bits per heavy atom. The van der Waals surface area contributed by atoms with Gasteiger partial charge in [-0.25, -0.2) is 0 Å². The molecule has 0 saturated carbocycles. The largest absolute Gasteiger partial charge is 0.0622 e. The zero-order chi connectivity index (χ0) is 32.4. The molecule has 48 heavy (non-hydrogen) atoms. The van der Waals surface area contributed by atoms with Crippen molar-refractivity contribution in [2.24, 2.45) is 0 Å². The molecule has 2 aliphatic rings. The summed E-state index contributed by atoms with van der Waals surface area (Å²) in [5.74, 6) is 0. The summed E-state index contributed by atoms with van der Waals surface area (Å²) < 4.78 is 0. The molecule has 0 spiro atoms. The molecular formula is C48H36. The predicted octanol–water partition coefficient (Wildman–Crippen LogP) is 13.1. The van der Waals surface area contributed by atoms with E-state index in [0.29, 0.717) is 0 Å². The van der Waals surface area contributed by atoms with Crippen molar-refractivity contribution in [3.63, 3.8) is 0 Å². The van der Waals surface area contributed by atoms with Crippen molar-refractivity contribution in [3.8, 4) is 44.5 Å². The van der Waals surface area contributed by atoms with Crippen LogP contribution in [0, 0.1) is 0 Å². The third-order valence-corrected chi connectivity index (χ3v) is 11.6. The maximum atomic E-state index is 2.54. The van der Waals surface area contributed by atoms with E-state index in [4.69, 9.17) is 0 Å². The molecule has 0 nitrogen and oxygen atoms in total. The van der Waals surface area contributed by atoms with Gasteiger partial charge in [-0.2, -0.15) is 0 Å². The zero-order valence-corrected chi connectivity index (χ0v) is 27.9. The van der Waals surface area contributed by atoms with Crippen molar-refractivity contribution < 1.29 is 0 Å². The molecule has 0 aliphatic heterocycles. The van der Waals surface area contributed by atoms with Crippen molar-refractivity contribution in [1.29, 1.82) is 0 Å². The van der Waals surface area contributed by atoms with E-state index in [2.05, 4.69) is 173 Å². The van der Waals surface area contributed by atoms with Crippen molar-refractivity contribution in [1.82, 2.24) is 0 Å². The van der Waals surface area contributed by atoms with Gasteiger partial charge in [0.2, 0.25) is 0 Å². The van der Waals surface area contributed by atoms with Crippen LogP contribution in [0.4, 0.5) is 0 Å². The summed E-state index contributed by atoms with van der Waals surface area (Å²) in [6.45, 7) is 9.66. The summed E-state index contributed by atoms with van der Waals surface area (Å²) in [6.07, 6.45) is 0. The average Bonchev–Trinajstić information content (AvgIpc) is 3.49. The Balaban J connectivity index is 1.15. The van der Waals surface area contributed by atoms with Crippen LogP contribution in [-0.2, 0) is 10.8 Å². The monoisotopic (exact) mass is 612 g/mol. The number of rotatable bonds is 2. The maximum Gasteiger partial charge on any atom is 0.0159 e. The smallest absolute Gasteiger partial charge is 0.0159 e. The van der Waals surface area contributed by atoms with E-state index in [1.54, 1.807) is 0 Å². The highest BCUT2D eigenvalue weighted by Crippen LogP contribution is 2.57. The van der Waals surface area contributed by atoms with E-state index in [1.165, 1.54) is 99.1 Å². The fourth-order valence-electron chi connectivity index (χ4n) is 9.05. The minimum absolute atomic E-state index is 0.106. The fraction of sp³-hybridized carbons (Fsp3) is 0.125. The third-order valence-electron chi connectivity index (χ3n) is 11.6. The molecular weight excluding hydrogens is 577 g/mol. The Bertz CT molecular complexity index is 2650. The van der Waals surface area contributed by atoms with Gasteiger partial charge in [0.15, 0.2) is 0 Å². The lowest BCUT2D eigenvalue weighted by Crippen LogP contribution is -2.17. The highest BCUT2D eigenvalue weighted by atomic mass is 14.4. The van der Waals surface area contributed by atoms with Crippen LogP contribution in [0.3, 0.4) is 0 Å². The van der Waals surface area contributed by atoms with Crippen molar-refractivity contribution >= 4 is 32.3 Å². The molecule has 0 atom stereocenters. The highest BCUT2D eigenvalue weighted by Gasteiger charge is 2.42. The predicted molar refractivity (Wildman–Crippen MR) is 205 cm³/mol. The Labute approximate surface area is 282 Å². The summed E-state index contributed by atoms with van der Waals surface area (Å²) >= 11 is 0. The Morgan fingerprint density at radius 1 is 0.271 bits per heavy atom. The minimum atomic E-state index is -0.112. The van der Waals surface area contributed by atoms with Crippen LogP contribution >= 0.6 is 0 Å². The molecule has 0 N–H and O–H groups in total. The molecule has 0 radical (unpaired) electrons. The van der Waals surface area contributed by atoms with E-state index >= 15 is 0 Å². The van der Waals surface area contributed by atoms with Gasteiger partial charge in [-0.05, 0) is 135 Å². The van der Waals surface area contributed by atoms with Gasteiger partial charge in [0.1, 0.15) is 0 Å². The molecule has 0 fully saturated rings. The van der Waals surface area contributed by atoms with E-state index in [9.17, 15) is 0 Å². The first kappa shape index (κ1) is 27.6. The maximum absolute atomic E-state index is 2.54. The van der Waals surface area contributed by atoms with Crippen molar-refractivity contribution in [2.45, 2.75) is 38.5 Å². The van der Waals surface area contributed by atoms with Crippen LogP contribution in [0.15, 0.2) is 146 Å². The van der Waals surface area contributed by atoms with Gasteiger partial charge in [0, 0.05) is 10.8 Å². The van der Waals surface area contributed by atoms with Crippen molar-refractivity contribution in [2.75, 3.05) is 0 Å². The molecule has 2 aliphatic carbocycles. The first-order chi connectivity index (χ1) is 23.3. The number of hydrogen-bond donors (Lipinski definition) is 0. The summed E-state index contributed by atoms with van der Waals surface area (Å²) in [4.78, 5) is 0. The lowest BCUT2D eigenvalue weighted by molar-refractivity contribution is 0.652. The van der Waals surface area contributed by atoms with E-state index in [0.717, 1.165) is 0 Å². The normalized spacial score (nSPS) is 15.0. The SMILES string of the molecule is CC1(C)c2cc(-c3cccc(-c4ccccc4)c3)ccc2-c2cc3c(cc21)-c1cc2c4ccccc4c4ccccc4c2cc1C3(C)C. The third kappa shape index (κ3) is 3.66. The molecule has 0 aromatic heterocycles. The van der Waals surface area contributed by atoms with Gasteiger partial charge in [0.25, 0.3) is 0 Å². The lowest BCUT2D eigenvalue weighted by Gasteiger charge is -2.24. The lowest BCUT2D eigenvalue weighted by atomic mass is 9.79. The van der Waals surface area contributed by atoms with Crippen LogP contribution in [0.5, 0.6) is 0 Å². The van der Waals surface area contributed by atoms with Gasteiger partial charge >= 0.3 is 0 Å². The van der Waals surface area contributed by atoms with Crippen LogP contribution < -0.4 is 0 Å². The molecule has 0 bridgehead atoms. The van der Waals surface area contributed by atoms with E-state index < -0.39 is 0 Å². The molecule has 8 aromatic rings. The van der Waals surface area contributed by atoms with Crippen molar-refractivity contribution in [3.05, 3.63) is 168 Å². The van der Waals surface area contributed by atoms with Gasteiger partial charge in [-0.3, -0.25) is 0 Å². The molecule has 0 saturated heterocycles. The fourth-order valence-corrected chi connectivity index (χ4v) is 9.05. The van der Waals surface area contributed by atoms with Crippen LogP contribution in [-0.4, -0.2) is 0 Å². The van der Waals surface area contributed by atoms with Gasteiger partial charge in [-0.15, -0.1) is 0 Å². The second-order valence-electron chi connectivity index (χ2n) is 14.9. The molecule has 0 heterocycles. The minimum Gasteiger partial charge on any atom is -0.0622 e. The molecule has 0 amide bonds. The first-order valence-electron chi connectivity index (χ1n) is 17.2. The van der Waals surface area contributed by atoms with E-state index in [1.807, 2.05) is 0 Å². The molecule has 0 unspecified atom stereocenters. The Morgan fingerprint density at radius 3 is 1.31 bits per heavy atom. The second-order valence-corrected chi connectivity index (χ2v) is 14.9. The summed E-state index contributed by atoms with van der Waals surface area (Å²) in [5, 5.41) is 8.02. The zero-order valence-electron chi connectivity index (χ0n) is 27.9. The van der Waals surface area contributed by atoms with Crippen LogP contribution in [0.2, 0.25) is 0 Å². The molecule has 8 aromatic carbocycles. The van der Waals surface area contributed by atoms with Gasteiger partial charge in [0.05, 0.1) is 0 Å². The Kier molecular flexibility index (Phi) is 5.50. The summed E-state index contributed by atoms with van der Waals surface area (Å²) in [6, 6.07) is 54.8. The summed E-state index contributed by atoms with van der Waals surface area (Å²) in [7, 11) is 0. The molecule has 228 valence electrons. The summed E-state index contributed by atoms with van der Waals surface area (Å²) in [5.41, 5.74) is 16.1. The average molecular weight is 613 g/mol. The first-order valence-corrected chi connectivity index (χ1v) is 17.2. The number of hydrogen-bond acceptors (Lipinski definition) is 0. The molecule has 0 heteroatoms. The van der Waals surface area contributed by atoms with Crippen LogP contribution in [0.25, 0.3) is 76.8 Å². The van der Waals surface area contributed by atoms with Gasteiger partial charge < -0.3 is 0 Å². The Hall–Kier alpha value is -5.46. The second kappa shape index (κ2) is 9.55. The van der Waals surface area contributed by atoms with Crippen LogP contribution in [0.1, 0.15) is 49.9 Å². The number of fused-ring (bicyclic) bond motifs is 12. The highest BCUT2D eigenvalue weighted by molar-refractivity contribution is 6.26. The number of benzene rings is 8. The quantitative estimate of drug-likeness (QED) is 0.170.